The van der Waals surface area contributed by atoms with Gasteiger partial charge in [0, 0.05) is 12.5 Å². The minimum Gasteiger partial charge on any atom is -0.440 e. The van der Waals surface area contributed by atoms with E-state index in [9.17, 15) is 4.39 Å². The summed E-state index contributed by atoms with van der Waals surface area (Å²) in [6, 6.07) is 2.76. The summed E-state index contributed by atoms with van der Waals surface area (Å²) < 4.78 is 19.1. The molecule has 1 aromatic heterocycles. The maximum absolute atomic E-state index is 13.0. The van der Waals surface area contributed by atoms with E-state index < -0.39 is 0 Å². The van der Waals surface area contributed by atoms with Gasteiger partial charge in [0.1, 0.15) is 11.3 Å². The van der Waals surface area contributed by atoms with Crippen LogP contribution in [-0.4, -0.2) is 4.98 Å². The van der Waals surface area contributed by atoms with Gasteiger partial charge in [-0.3, -0.25) is 0 Å². The second kappa shape index (κ2) is 3.69. The van der Waals surface area contributed by atoms with Gasteiger partial charge in [-0.05, 0) is 28.4 Å². The summed E-state index contributed by atoms with van der Waals surface area (Å²) in [5, 5.41) is 0. The van der Waals surface area contributed by atoms with Gasteiger partial charge in [0.05, 0.1) is 4.47 Å². The van der Waals surface area contributed by atoms with E-state index in [-0.39, 0.29) is 5.82 Å². The third-order valence-corrected chi connectivity index (χ3v) is 2.51. The largest absolute Gasteiger partial charge is 0.440 e. The maximum Gasteiger partial charge on any atom is 0.195 e. The standard InChI is InChI=1S/C10H9BrFNO/c1-2-3-9-13-8-5-6(12)4-7(11)10(8)14-9/h4-5H,2-3H2,1H3. The van der Waals surface area contributed by atoms with Crippen LogP contribution in [0, 0.1) is 5.82 Å². The highest BCUT2D eigenvalue weighted by Crippen LogP contribution is 2.26. The second-order valence-electron chi connectivity index (χ2n) is 3.09. The molecule has 2 rings (SSSR count). The normalized spacial score (nSPS) is 11.1. The lowest BCUT2D eigenvalue weighted by Crippen LogP contribution is -1.80. The number of halogens is 2. The fraction of sp³-hybridized carbons (Fsp3) is 0.300. The fourth-order valence-corrected chi connectivity index (χ4v) is 1.83. The summed E-state index contributed by atoms with van der Waals surface area (Å²) in [4.78, 5) is 4.19. The molecule has 0 aliphatic heterocycles. The Hall–Kier alpha value is -0.900. The van der Waals surface area contributed by atoms with Crippen LogP contribution < -0.4 is 0 Å². The molecule has 2 aromatic rings. The molecular formula is C10H9BrFNO. The van der Waals surface area contributed by atoms with Crippen LogP contribution in [-0.2, 0) is 6.42 Å². The SMILES string of the molecule is CCCc1nc2cc(F)cc(Br)c2o1. The van der Waals surface area contributed by atoms with Gasteiger partial charge in [-0.15, -0.1) is 0 Å². The molecule has 0 saturated carbocycles. The molecule has 14 heavy (non-hydrogen) atoms. The second-order valence-corrected chi connectivity index (χ2v) is 3.95. The zero-order chi connectivity index (χ0) is 10.1. The lowest BCUT2D eigenvalue weighted by molar-refractivity contribution is 0.524. The Morgan fingerprint density at radius 2 is 2.29 bits per heavy atom. The predicted molar refractivity (Wildman–Crippen MR) is 55.7 cm³/mol. The van der Waals surface area contributed by atoms with Gasteiger partial charge in [-0.25, -0.2) is 9.37 Å². The Labute approximate surface area is 89.3 Å². The summed E-state index contributed by atoms with van der Waals surface area (Å²) in [5.74, 6) is 0.356. The van der Waals surface area contributed by atoms with Gasteiger partial charge in [0.25, 0.3) is 0 Å². The number of hydrogen-bond acceptors (Lipinski definition) is 2. The summed E-state index contributed by atoms with van der Waals surface area (Å²) in [6.07, 6.45) is 1.75. The highest BCUT2D eigenvalue weighted by Gasteiger charge is 2.09. The molecule has 0 radical (unpaired) electrons. The lowest BCUT2D eigenvalue weighted by atomic mass is 10.3. The minimum absolute atomic E-state index is 0.305. The number of benzene rings is 1. The highest BCUT2D eigenvalue weighted by molar-refractivity contribution is 9.10. The third kappa shape index (κ3) is 1.66. The van der Waals surface area contributed by atoms with Crippen molar-refractivity contribution in [1.29, 1.82) is 0 Å². The molecule has 0 bridgehead atoms. The van der Waals surface area contributed by atoms with Crippen molar-refractivity contribution in [2.24, 2.45) is 0 Å². The number of hydrogen-bond donors (Lipinski definition) is 0. The first-order valence-corrected chi connectivity index (χ1v) is 5.24. The third-order valence-electron chi connectivity index (χ3n) is 1.92. The molecule has 0 aliphatic carbocycles. The van der Waals surface area contributed by atoms with Crippen molar-refractivity contribution in [3.63, 3.8) is 0 Å². The Morgan fingerprint density at radius 3 is 3.00 bits per heavy atom. The summed E-state index contributed by atoms with van der Waals surface area (Å²) in [5.41, 5.74) is 1.19. The van der Waals surface area contributed by atoms with E-state index in [1.807, 2.05) is 6.92 Å². The number of nitrogens with zero attached hydrogens (tertiary/aromatic N) is 1. The van der Waals surface area contributed by atoms with E-state index in [1.165, 1.54) is 12.1 Å². The van der Waals surface area contributed by atoms with Crippen LogP contribution in [0.4, 0.5) is 4.39 Å². The van der Waals surface area contributed by atoms with Gasteiger partial charge in [0.15, 0.2) is 11.5 Å². The maximum atomic E-state index is 13.0. The number of aromatic nitrogens is 1. The Balaban J connectivity index is 2.58. The zero-order valence-corrected chi connectivity index (χ0v) is 9.27. The van der Waals surface area contributed by atoms with Crippen LogP contribution in [0.25, 0.3) is 11.1 Å². The molecule has 0 amide bonds. The Kier molecular flexibility index (Phi) is 2.54. The minimum atomic E-state index is -0.305. The van der Waals surface area contributed by atoms with Crippen LogP contribution in [0.1, 0.15) is 19.2 Å². The number of fused-ring (bicyclic) bond motifs is 1. The molecule has 0 fully saturated rings. The van der Waals surface area contributed by atoms with E-state index in [0.29, 0.717) is 21.5 Å². The molecule has 1 heterocycles. The number of aryl methyl sites for hydroxylation is 1. The molecule has 4 heteroatoms. The fourth-order valence-electron chi connectivity index (χ4n) is 1.33. The van der Waals surface area contributed by atoms with E-state index in [4.69, 9.17) is 4.42 Å². The van der Waals surface area contributed by atoms with Gasteiger partial charge >= 0.3 is 0 Å². The smallest absolute Gasteiger partial charge is 0.195 e. The Bertz CT molecular complexity index is 466. The van der Waals surface area contributed by atoms with Crippen molar-refractivity contribution in [3.8, 4) is 0 Å². The van der Waals surface area contributed by atoms with E-state index >= 15 is 0 Å². The van der Waals surface area contributed by atoms with Crippen molar-refractivity contribution >= 4 is 27.0 Å². The summed E-state index contributed by atoms with van der Waals surface area (Å²) in [6.45, 7) is 2.05. The first kappa shape index (κ1) is 9.65. The quantitative estimate of drug-likeness (QED) is 0.821. The van der Waals surface area contributed by atoms with Crippen molar-refractivity contribution in [2.45, 2.75) is 19.8 Å². The zero-order valence-electron chi connectivity index (χ0n) is 7.68. The van der Waals surface area contributed by atoms with Gasteiger partial charge in [0.2, 0.25) is 0 Å². The van der Waals surface area contributed by atoms with Crippen molar-refractivity contribution < 1.29 is 8.81 Å². The molecule has 2 nitrogen and oxygen atoms in total. The molecule has 1 aromatic carbocycles. The van der Waals surface area contributed by atoms with Gasteiger partial charge in [-0.2, -0.15) is 0 Å². The molecular weight excluding hydrogens is 249 g/mol. The first-order valence-electron chi connectivity index (χ1n) is 4.45. The number of oxazole rings is 1. The molecule has 74 valence electrons. The molecule has 0 N–H and O–H groups in total. The average Bonchev–Trinajstić information content (AvgIpc) is 2.48. The van der Waals surface area contributed by atoms with Crippen molar-refractivity contribution in [3.05, 3.63) is 28.3 Å². The van der Waals surface area contributed by atoms with Gasteiger partial charge in [-0.1, -0.05) is 6.92 Å². The molecule has 0 atom stereocenters. The average molecular weight is 258 g/mol. The predicted octanol–water partition coefficient (Wildman–Crippen LogP) is 3.68. The van der Waals surface area contributed by atoms with E-state index in [2.05, 4.69) is 20.9 Å². The first-order chi connectivity index (χ1) is 6.70. The van der Waals surface area contributed by atoms with Crippen molar-refractivity contribution in [1.82, 2.24) is 4.98 Å². The van der Waals surface area contributed by atoms with Crippen LogP contribution in [0.5, 0.6) is 0 Å². The van der Waals surface area contributed by atoms with Crippen LogP contribution in [0.2, 0.25) is 0 Å². The number of rotatable bonds is 2. The van der Waals surface area contributed by atoms with E-state index in [1.54, 1.807) is 0 Å². The van der Waals surface area contributed by atoms with Crippen LogP contribution >= 0.6 is 15.9 Å². The van der Waals surface area contributed by atoms with Crippen LogP contribution in [0.15, 0.2) is 21.0 Å². The van der Waals surface area contributed by atoms with Crippen LogP contribution in [0.3, 0.4) is 0 Å². The monoisotopic (exact) mass is 257 g/mol. The molecule has 0 saturated heterocycles. The molecule has 0 spiro atoms. The summed E-state index contributed by atoms with van der Waals surface area (Å²) >= 11 is 3.24. The molecule has 0 aliphatic rings. The van der Waals surface area contributed by atoms with Gasteiger partial charge < -0.3 is 4.42 Å². The topological polar surface area (TPSA) is 26.0 Å². The summed E-state index contributed by atoms with van der Waals surface area (Å²) in [7, 11) is 0. The van der Waals surface area contributed by atoms with Crippen molar-refractivity contribution in [2.75, 3.05) is 0 Å². The van der Waals surface area contributed by atoms with E-state index in [0.717, 1.165) is 12.8 Å². The lowest BCUT2D eigenvalue weighted by Gasteiger charge is -1.91. The highest BCUT2D eigenvalue weighted by atomic mass is 79.9. The molecule has 0 unspecified atom stereocenters. The Morgan fingerprint density at radius 1 is 1.50 bits per heavy atom.